The van der Waals surface area contributed by atoms with Crippen LogP contribution in [0.1, 0.15) is 17.0 Å². The van der Waals surface area contributed by atoms with Crippen LogP contribution in [0.2, 0.25) is 0 Å². The Labute approximate surface area is 142 Å². The molecule has 0 N–H and O–H groups in total. The lowest BCUT2D eigenvalue weighted by molar-refractivity contribution is 0.314. The molecule has 1 aromatic carbocycles. The van der Waals surface area contributed by atoms with Gasteiger partial charge >= 0.3 is 0 Å². The monoisotopic (exact) mass is 376 g/mol. The molecule has 0 spiro atoms. The third-order valence-electron chi connectivity index (χ3n) is 3.41. The Kier molecular flexibility index (Phi) is 4.76. The summed E-state index contributed by atoms with van der Waals surface area (Å²) in [7, 11) is 2.10. The van der Waals surface area contributed by atoms with Gasteiger partial charge in [-0.25, -0.2) is 4.98 Å². The Bertz CT molecular complexity index is 751. The molecule has 3 aromatic rings. The summed E-state index contributed by atoms with van der Waals surface area (Å²) >= 11 is 5.22. The number of nitrogens with zero attached hydrogens (tertiary/aromatic N) is 2. The lowest BCUT2D eigenvalue weighted by atomic mass is 10.2. The van der Waals surface area contributed by atoms with Crippen LogP contribution in [0, 0.1) is 6.92 Å². The highest BCUT2D eigenvalue weighted by molar-refractivity contribution is 9.11. The fourth-order valence-corrected chi connectivity index (χ4v) is 3.53. The van der Waals surface area contributed by atoms with Crippen molar-refractivity contribution in [1.82, 2.24) is 9.88 Å². The molecule has 0 bridgehead atoms. The predicted octanol–water partition coefficient (Wildman–Crippen LogP) is 5.11. The van der Waals surface area contributed by atoms with E-state index >= 15 is 0 Å². The first-order valence-electron chi connectivity index (χ1n) is 7.05. The Balaban J connectivity index is 1.71. The van der Waals surface area contributed by atoms with E-state index in [1.54, 1.807) is 11.3 Å². The Hall–Kier alpha value is -1.43. The lowest BCUT2D eigenvalue weighted by Gasteiger charge is -2.14. The number of halogens is 1. The fraction of sp³-hybridized carbons (Fsp3) is 0.235. The summed E-state index contributed by atoms with van der Waals surface area (Å²) in [5.74, 6) is 1.58. The van der Waals surface area contributed by atoms with Crippen LogP contribution in [-0.4, -0.2) is 16.9 Å². The van der Waals surface area contributed by atoms with Crippen LogP contribution >= 0.6 is 27.3 Å². The predicted molar refractivity (Wildman–Crippen MR) is 93.9 cm³/mol. The maximum Gasteiger partial charge on any atom is 0.226 e. The Morgan fingerprint density at radius 3 is 2.68 bits per heavy atom. The van der Waals surface area contributed by atoms with E-state index in [0.29, 0.717) is 5.89 Å². The molecular weight excluding hydrogens is 360 g/mol. The van der Waals surface area contributed by atoms with Crippen LogP contribution < -0.4 is 0 Å². The highest BCUT2D eigenvalue weighted by atomic mass is 79.9. The van der Waals surface area contributed by atoms with Gasteiger partial charge in [-0.1, -0.05) is 18.2 Å². The SMILES string of the molecule is Cc1oc(-c2ccccc2)nc1CN(C)Cc1csc(Br)c1. The van der Waals surface area contributed by atoms with E-state index in [-0.39, 0.29) is 0 Å². The molecule has 2 heterocycles. The summed E-state index contributed by atoms with van der Waals surface area (Å²) in [6.07, 6.45) is 0. The minimum atomic E-state index is 0.694. The Morgan fingerprint density at radius 1 is 1.23 bits per heavy atom. The minimum Gasteiger partial charge on any atom is -0.441 e. The van der Waals surface area contributed by atoms with Crippen LogP contribution in [-0.2, 0) is 13.1 Å². The third-order valence-corrected chi connectivity index (χ3v) is 4.96. The van der Waals surface area contributed by atoms with Crippen molar-refractivity contribution >= 4 is 27.3 Å². The number of thiophene rings is 1. The van der Waals surface area contributed by atoms with Crippen molar-refractivity contribution in [2.45, 2.75) is 20.0 Å². The second-order valence-electron chi connectivity index (χ2n) is 5.32. The van der Waals surface area contributed by atoms with Gasteiger partial charge in [0.15, 0.2) is 0 Å². The van der Waals surface area contributed by atoms with E-state index in [4.69, 9.17) is 4.42 Å². The summed E-state index contributed by atoms with van der Waals surface area (Å²) < 4.78 is 6.98. The molecule has 22 heavy (non-hydrogen) atoms. The first kappa shape index (κ1) is 15.5. The van der Waals surface area contributed by atoms with Crippen molar-refractivity contribution in [3.8, 4) is 11.5 Å². The van der Waals surface area contributed by atoms with Gasteiger partial charge in [-0.15, -0.1) is 11.3 Å². The summed E-state index contributed by atoms with van der Waals surface area (Å²) in [5, 5.41) is 2.17. The molecule has 5 heteroatoms. The summed E-state index contributed by atoms with van der Waals surface area (Å²) in [5.41, 5.74) is 3.32. The van der Waals surface area contributed by atoms with E-state index in [2.05, 4.69) is 44.3 Å². The highest BCUT2D eigenvalue weighted by Crippen LogP contribution is 2.24. The molecule has 3 rings (SSSR count). The van der Waals surface area contributed by atoms with Gasteiger partial charge in [0.05, 0.1) is 9.48 Å². The van der Waals surface area contributed by atoms with Crippen LogP contribution in [0.5, 0.6) is 0 Å². The number of hydrogen-bond acceptors (Lipinski definition) is 4. The van der Waals surface area contributed by atoms with Crippen molar-refractivity contribution in [3.05, 3.63) is 62.6 Å². The number of benzene rings is 1. The molecule has 0 aliphatic rings. The average Bonchev–Trinajstić information content (AvgIpc) is 3.07. The quantitative estimate of drug-likeness (QED) is 0.619. The first-order valence-corrected chi connectivity index (χ1v) is 8.72. The topological polar surface area (TPSA) is 29.3 Å². The number of rotatable bonds is 5. The summed E-state index contributed by atoms with van der Waals surface area (Å²) in [4.78, 5) is 6.90. The van der Waals surface area contributed by atoms with Gasteiger partial charge in [0.25, 0.3) is 0 Å². The van der Waals surface area contributed by atoms with Crippen molar-refractivity contribution in [2.24, 2.45) is 0 Å². The smallest absolute Gasteiger partial charge is 0.226 e. The van der Waals surface area contributed by atoms with Crippen molar-refractivity contribution in [1.29, 1.82) is 0 Å². The van der Waals surface area contributed by atoms with Gasteiger partial charge in [0.1, 0.15) is 5.76 Å². The van der Waals surface area contributed by atoms with Crippen LogP contribution in [0.25, 0.3) is 11.5 Å². The summed E-state index contributed by atoms with van der Waals surface area (Å²) in [6, 6.07) is 12.2. The molecule has 0 unspecified atom stereocenters. The van der Waals surface area contributed by atoms with Gasteiger partial charge in [-0.05, 0) is 59.0 Å². The molecule has 114 valence electrons. The average molecular weight is 377 g/mol. The molecule has 2 aromatic heterocycles. The van der Waals surface area contributed by atoms with E-state index in [0.717, 1.165) is 30.1 Å². The number of hydrogen-bond donors (Lipinski definition) is 0. The van der Waals surface area contributed by atoms with Crippen LogP contribution in [0.4, 0.5) is 0 Å². The molecule has 0 aliphatic heterocycles. The van der Waals surface area contributed by atoms with E-state index in [1.165, 1.54) is 9.35 Å². The lowest BCUT2D eigenvalue weighted by Crippen LogP contribution is -2.17. The number of aryl methyl sites for hydroxylation is 1. The zero-order valence-electron chi connectivity index (χ0n) is 12.5. The molecule has 0 saturated heterocycles. The molecule has 3 nitrogen and oxygen atoms in total. The maximum atomic E-state index is 5.81. The zero-order chi connectivity index (χ0) is 15.5. The molecular formula is C17H17BrN2OS. The van der Waals surface area contributed by atoms with Crippen molar-refractivity contribution < 1.29 is 4.42 Å². The van der Waals surface area contributed by atoms with Gasteiger partial charge in [-0.3, -0.25) is 4.90 Å². The molecule has 0 atom stereocenters. The molecule has 0 saturated carbocycles. The first-order chi connectivity index (χ1) is 10.6. The van der Waals surface area contributed by atoms with Gasteiger partial charge in [0.2, 0.25) is 5.89 Å². The highest BCUT2D eigenvalue weighted by Gasteiger charge is 2.13. The number of aromatic nitrogens is 1. The third kappa shape index (κ3) is 3.66. The van der Waals surface area contributed by atoms with Gasteiger partial charge < -0.3 is 4.42 Å². The molecule has 0 aliphatic carbocycles. The maximum absolute atomic E-state index is 5.81. The van der Waals surface area contributed by atoms with Crippen LogP contribution in [0.3, 0.4) is 0 Å². The van der Waals surface area contributed by atoms with Crippen LogP contribution in [0.15, 0.2) is 50.0 Å². The second-order valence-corrected chi connectivity index (χ2v) is 7.61. The second kappa shape index (κ2) is 6.77. The van der Waals surface area contributed by atoms with Crippen molar-refractivity contribution in [3.63, 3.8) is 0 Å². The summed E-state index contributed by atoms with van der Waals surface area (Å²) in [6.45, 7) is 3.65. The largest absolute Gasteiger partial charge is 0.441 e. The standard InChI is InChI=1S/C17H17BrN2OS/c1-12-15(10-20(2)9-13-8-16(18)22-11-13)19-17(21-12)14-6-4-3-5-7-14/h3-8,11H,9-10H2,1-2H3. The Morgan fingerprint density at radius 2 is 2.00 bits per heavy atom. The normalized spacial score (nSPS) is 11.3. The van der Waals surface area contributed by atoms with E-state index in [9.17, 15) is 0 Å². The molecule has 0 amide bonds. The zero-order valence-corrected chi connectivity index (χ0v) is 14.9. The minimum absolute atomic E-state index is 0.694. The van der Waals surface area contributed by atoms with Crippen molar-refractivity contribution in [2.75, 3.05) is 7.05 Å². The number of oxazole rings is 1. The molecule has 0 fully saturated rings. The van der Waals surface area contributed by atoms with Gasteiger partial charge in [0, 0.05) is 18.7 Å². The molecule has 0 radical (unpaired) electrons. The van der Waals surface area contributed by atoms with Gasteiger partial charge in [-0.2, -0.15) is 0 Å². The van der Waals surface area contributed by atoms with E-state index < -0.39 is 0 Å². The fourth-order valence-electron chi connectivity index (χ4n) is 2.33. The van der Waals surface area contributed by atoms with E-state index in [1.807, 2.05) is 37.3 Å².